The van der Waals surface area contributed by atoms with E-state index in [9.17, 15) is 8.60 Å². The Balaban J connectivity index is 1.28. The zero-order valence-electron chi connectivity index (χ0n) is 18.6. The maximum atomic E-state index is 14.5. The van der Waals surface area contributed by atoms with Gasteiger partial charge in [0.15, 0.2) is 0 Å². The molecule has 0 bridgehead atoms. The van der Waals surface area contributed by atoms with Crippen LogP contribution in [0.2, 0.25) is 0 Å². The molecule has 0 atom stereocenters. The van der Waals surface area contributed by atoms with Crippen molar-refractivity contribution in [2.75, 3.05) is 30.5 Å². The summed E-state index contributed by atoms with van der Waals surface area (Å²) in [6.45, 7) is 4.33. The summed E-state index contributed by atoms with van der Waals surface area (Å²) in [5.41, 5.74) is 1.05. The monoisotopic (exact) mass is 469 g/mol. The fraction of sp³-hybridized carbons (Fsp3) is 0.360. The van der Waals surface area contributed by atoms with Crippen molar-refractivity contribution in [1.29, 1.82) is 0 Å². The van der Waals surface area contributed by atoms with Crippen molar-refractivity contribution >= 4 is 15.9 Å². The molecule has 2 aliphatic heterocycles. The topological polar surface area (TPSA) is 64.6 Å². The fourth-order valence-corrected chi connectivity index (χ4v) is 7.06. The number of hydrogen-bond donors (Lipinski definition) is 1. The van der Waals surface area contributed by atoms with Gasteiger partial charge in [-0.05, 0) is 65.4 Å². The van der Waals surface area contributed by atoms with Crippen LogP contribution in [0, 0.1) is 11.7 Å². The van der Waals surface area contributed by atoms with Gasteiger partial charge in [-0.1, -0.05) is 25.1 Å². The summed E-state index contributed by atoms with van der Waals surface area (Å²) in [7, 11) is -3.26. The van der Waals surface area contributed by atoms with Crippen LogP contribution in [-0.4, -0.2) is 39.8 Å². The number of thiol groups is 1. The van der Waals surface area contributed by atoms with E-state index >= 15 is 0 Å². The first kappa shape index (κ1) is 21.8. The van der Waals surface area contributed by atoms with Gasteiger partial charge in [-0.3, -0.25) is 4.21 Å². The number of nitrogens with zero attached hydrogens (tertiary/aromatic N) is 3. The Morgan fingerprint density at radius 2 is 1.97 bits per heavy atom. The van der Waals surface area contributed by atoms with Gasteiger partial charge >= 0.3 is 0 Å². The average molecular weight is 470 g/mol. The third kappa shape index (κ3) is 4.19. The van der Waals surface area contributed by atoms with Crippen LogP contribution in [0.25, 0.3) is 0 Å². The number of halogens is 1. The highest BCUT2D eigenvalue weighted by Crippen LogP contribution is 2.47. The first-order valence-corrected chi connectivity index (χ1v) is 13.3. The first-order chi connectivity index (χ1) is 16.1. The predicted molar refractivity (Wildman–Crippen MR) is 126 cm³/mol. The van der Waals surface area contributed by atoms with Crippen LogP contribution in [0.3, 0.4) is 0 Å². The Morgan fingerprint density at radius 3 is 2.76 bits per heavy atom. The van der Waals surface area contributed by atoms with Crippen LogP contribution in [0.5, 0.6) is 11.5 Å². The van der Waals surface area contributed by atoms with Crippen LogP contribution < -0.4 is 14.4 Å². The minimum atomic E-state index is -3.26. The van der Waals surface area contributed by atoms with E-state index in [-0.39, 0.29) is 10.8 Å². The van der Waals surface area contributed by atoms with E-state index in [1.807, 2.05) is 18.3 Å². The van der Waals surface area contributed by atoms with Crippen molar-refractivity contribution in [3.8, 4) is 11.5 Å². The zero-order chi connectivity index (χ0) is 22.8. The van der Waals surface area contributed by atoms with E-state index in [0.717, 1.165) is 44.0 Å². The van der Waals surface area contributed by atoms with Crippen LogP contribution in [0.15, 0.2) is 64.5 Å². The molecule has 0 unspecified atom stereocenters. The number of hydrogen-bond acceptors (Lipinski definition) is 6. The van der Waals surface area contributed by atoms with Gasteiger partial charge in [-0.25, -0.2) is 14.4 Å². The standard InChI is InChI=1S/C25H28FN3O3S/c1-2-19-10-13-27-25(28-19)29-14-11-18(12-15-29)16-31-21-7-5-8-22-24(21)33(30,17-32-22)23-9-4-3-6-20(23)26/h3-10,13,18,33H,2,11-12,14-17H2,1H3. The smallest absolute Gasteiger partial charge is 0.225 e. The highest BCUT2D eigenvalue weighted by Gasteiger charge is 2.37. The quantitative estimate of drug-likeness (QED) is 0.545. The lowest BCUT2D eigenvalue weighted by Gasteiger charge is -2.32. The number of aryl methyl sites for hydroxylation is 1. The third-order valence-corrected chi connectivity index (χ3v) is 9.20. The molecule has 0 amide bonds. The summed E-state index contributed by atoms with van der Waals surface area (Å²) in [4.78, 5) is 12.0. The molecule has 2 aromatic carbocycles. The van der Waals surface area contributed by atoms with Gasteiger partial charge < -0.3 is 14.4 Å². The second-order valence-corrected chi connectivity index (χ2v) is 11.2. The summed E-state index contributed by atoms with van der Waals surface area (Å²) in [5.74, 6) is 1.67. The molecule has 0 spiro atoms. The van der Waals surface area contributed by atoms with E-state index in [2.05, 4.69) is 21.8 Å². The summed E-state index contributed by atoms with van der Waals surface area (Å²) in [5, 5.41) is 0. The summed E-state index contributed by atoms with van der Waals surface area (Å²) < 4.78 is 40.4. The second kappa shape index (κ2) is 9.09. The molecule has 5 rings (SSSR count). The minimum Gasteiger partial charge on any atom is -0.492 e. The Labute approximate surface area is 194 Å². The van der Waals surface area contributed by atoms with Crippen molar-refractivity contribution in [3.05, 3.63) is 66.2 Å². The van der Waals surface area contributed by atoms with Crippen molar-refractivity contribution in [3.63, 3.8) is 0 Å². The van der Waals surface area contributed by atoms with Gasteiger partial charge in [0, 0.05) is 25.0 Å². The highest BCUT2D eigenvalue weighted by atomic mass is 32.2. The molecule has 1 fully saturated rings. The van der Waals surface area contributed by atoms with Crippen LogP contribution in [0.1, 0.15) is 25.5 Å². The molecule has 33 heavy (non-hydrogen) atoms. The molecule has 0 radical (unpaired) electrons. The van der Waals surface area contributed by atoms with Crippen LogP contribution in [0.4, 0.5) is 10.3 Å². The molecule has 1 aromatic heterocycles. The molecule has 0 aliphatic carbocycles. The van der Waals surface area contributed by atoms with Gasteiger partial charge in [0.05, 0.1) is 11.5 Å². The fourth-order valence-electron chi connectivity index (χ4n) is 4.49. The number of ether oxygens (including phenoxy) is 2. The van der Waals surface area contributed by atoms with Crippen LogP contribution in [-0.2, 0) is 16.4 Å². The van der Waals surface area contributed by atoms with Gasteiger partial charge in [0.25, 0.3) is 0 Å². The summed E-state index contributed by atoms with van der Waals surface area (Å²) in [6, 6.07) is 13.6. The Kier molecular flexibility index (Phi) is 6.01. The minimum absolute atomic E-state index is 0.0428. The van der Waals surface area contributed by atoms with Gasteiger partial charge in [-0.2, -0.15) is 0 Å². The average Bonchev–Trinajstić information content (AvgIpc) is 3.21. The summed E-state index contributed by atoms with van der Waals surface area (Å²) >= 11 is 0. The Bertz CT molecular complexity index is 1200. The lowest BCUT2D eigenvalue weighted by Crippen LogP contribution is -2.36. The Morgan fingerprint density at radius 1 is 1.15 bits per heavy atom. The molecule has 3 heterocycles. The number of benzene rings is 2. The predicted octanol–water partition coefficient (Wildman–Crippen LogP) is 4.26. The largest absolute Gasteiger partial charge is 0.492 e. The molecule has 2 aliphatic rings. The third-order valence-electron chi connectivity index (χ3n) is 6.40. The lowest BCUT2D eigenvalue weighted by atomic mass is 9.98. The number of anilines is 1. The maximum Gasteiger partial charge on any atom is 0.225 e. The van der Waals surface area contributed by atoms with E-state index in [4.69, 9.17) is 9.47 Å². The molecule has 0 saturated carbocycles. The molecule has 6 nitrogen and oxygen atoms in total. The molecular weight excluding hydrogens is 441 g/mol. The van der Waals surface area contributed by atoms with Gasteiger partial charge in [0.1, 0.15) is 28.2 Å². The maximum absolute atomic E-state index is 14.5. The number of rotatable bonds is 6. The molecule has 174 valence electrons. The van der Waals surface area contributed by atoms with Crippen molar-refractivity contribution in [1.82, 2.24) is 9.97 Å². The second-order valence-electron chi connectivity index (χ2n) is 8.51. The molecule has 3 aromatic rings. The molecular formula is C25H28FN3O3S. The SMILES string of the molecule is CCc1ccnc(N2CCC(COc3cccc4c3[SH](=O)(c3ccccc3F)CO4)CC2)n1. The van der Waals surface area contributed by atoms with Gasteiger partial charge in [-0.15, -0.1) is 0 Å². The zero-order valence-corrected chi connectivity index (χ0v) is 19.5. The lowest BCUT2D eigenvalue weighted by molar-refractivity contribution is 0.217. The summed E-state index contributed by atoms with van der Waals surface area (Å²) in [6.07, 6.45) is 4.62. The van der Waals surface area contributed by atoms with Crippen LogP contribution >= 0.6 is 0 Å². The number of fused-ring (bicyclic) bond motifs is 1. The van der Waals surface area contributed by atoms with E-state index in [1.165, 1.54) is 6.07 Å². The van der Waals surface area contributed by atoms with E-state index in [1.54, 1.807) is 30.3 Å². The van der Waals surface area contributed by atoms with Gasteiger partial charge in [0.2, 0.25) is 5.95 Å². The van der Waals surface area contributed by atoms with Crippen molar-refractivity contribution < 1.29 is 18.1 Å². The highest BCUT2D eigenvalue weighted by molar-refractivity contribution is 8.03. The molecule has 8 heteroatoms. The molecule has 1 saturated heterocycles. The van der Waals surface area contributed by atoms with E-state index < -0.39 is 15.7 Å². The number of piperidine rings is 1. The van der Waals surface area contributed by atoms with Crippen molar-refractivity contribution in [2.45, 2.75) is 36.0 Å². The first-order valence-electron chi connectivity index (χ1n) is 11.4. The van der Waals surface area contributed by atoms with Crippen molar-refractivity contribution in [2.24, 2.45) is 5.92 Å². The Hall–Kier alpha value is -3.00. The van der Waals surface area contributed by atoms with E-state index in [0.29, 0.717) is 28.9 Å². The normalized spacial score (nSPS) is 18.4. The number of aromatic nitrogens is 2. The molecule has 0 N–H and O–H groups in total.